The van der Waals surface area contributed by atoms with Gasteiger partial charge >= 0.3 is 0 Å². The highest BCUT2D eigenvalue weighted by molar-refractivity contribution is 5.96. The van der Waals surface area contributed by atoms with Gasteiger partial charge in [-0.3, -0.25) is 9.48 Å². The van der Waals surface area contributed by atoms with Crippen LogP contribution in [-0.2, 0) is 11.8 Å². The zero-order valence-corrected chi connectivity index (χ0v) is 12.8. The quantitative estimate of drug-likeness (QED) is 0.715. The molecule has 0 saturated heterocycles. The van der Waals surface area contributed by atoms with Crippen LogP contribution in [0, 0.1) is 13.8 Å². The molecule has 1 aromatic rings. The monoisotopic (exact) mass is 290 g/mol. The Kier molecular flexibility index (Phi) is 8.38. The van der Waals surface area contributed by atoms with Crippen LogP contribution in [0.25, 0.3) is 0 Å². The number of hydrogen-bond donors (Lipinski definition) is 2. The van der Waals surface area contributed by atoms with Crippen LogP contribution in [0.1, 0.15) is 21.7 Å². The fraction of sp³-hybridized carbons (Fsp3) is 0.667. The lowest BCUT2D eigenvalue weighted by atomic mass is 10.2. The van der Waals surface area contributed by atoms with E-state index < -0.39 is 0 Å². The van der Waals surface area contributed by atoms with Gasteiger partial charge in [0.2, 0.25) is 0 Å². The van der Waals surface area contributed by atoms with Crippen LogP contribution in [0.3, 0.4) is 0 Å². The summed E-state index contributed by atoms with van der Waals surface area (Å²) >= 11 is 0. The fourth-order valence-corrected chi connectivity index (χ4v) is 1.75. The summed E-state index contributed by atoms with van der Waals surface area (Å²) in [5, 5.41) is 10.3. The zero-order chi connectivity index (χ0) is 13.5. The lowest BCUT2D eigenvalue weighted by molar-refractivity contribution is 0.0952. The van der Waals surface area contributed by atoms with Gasteiger partial charge in [0.15, 0.2) is 0 Å². The number of rotatable bonds is 7. The summed E-state index contributed by atoms with van der Waals surface area (Å²) in [6.07, 6.45) is 0. The highest BCUT2D eigenvalue weighted by Crippen LogP contribution is 2.10. The van der Waals surface area contributed by atoms with Gasteiger partial charge < -0.3 is 15.4 Å². The molecule has 0 unspecified atom stereocenters. The molecule has 0 spiro atoms. The van der Waals surface area contributed by atoms with Crippen molar-refractivity contribution in [3.05, 3.63) is 17.0 Å². The van der Waals surface area contributed by atoms with Gasteiger partial charge in [0.1, 0.15) is 0 Å². The van der Waals surface area contributed by atoms with Gasteiger partial charge in [-0.05, 0) is 13.8 Å². The third kappa shape index (κ3) is 5.18. The Morgan fingerprint density at radius 2 is 2.00 bits per heavy atom. The highest BCUT2D eigenvalue weighted by atomic mass is 35.5. The molecule has 0 bridgehead atoms. The summed E-state index contributed by atoms with van der Waals surface area (Å²) in [6.45, 7) is 6.53. The number of carbonyl (C=O) groups excluding carboxylic acids is 1. The number of methoxy groups -OCH3 is 1. The molecule has 0 radical (unpaired) electrons. The number of hydrogen-bond acceptors (Lipinski definition) is 4. The van der Waals surface area contributed by atoms with Crippen molar-refractivity contribution in [2.45, 2.75) is 13.8 Å². The second-order valence-corrected chi connectivity index (χ2v) is 4.17. The van der Waals surface area contributed by atoms with Crippen molar-refractivity contribution < 1.29 is 9.53 Å². The van der Waals surface area contributed by atoms with Crippen LogP contribution < -0.4 is 10.6 Å². The first kappa shape index (κ1) is 17.9. The van der Waals surface area contributed by atoms with Crippen molar-refractivity contribution in [3.63, 3.8) is 0 Å². The number of aryl methyl sites for hydroxylation is 2. The number of nitrogens with zero attached hydrogens (tertiary/aromatic N) is 2. The van der Waals surface area contributed by atoms with Gasteiger partial charge in [-0.15, -0.1) is 12.4 Å². The van der Waals surface area contributed by atoms with Crippen LogP contribution in [0.15, 0.2) is 0 Å². The Labute approximate surface area is 120 Å². The van der Waals surface area contributed by atoms with Gasteiger partial charge in [-0.25, -0.2) is 0 Å². The van der Waals surface area contributed by atoms with E-state index in [1.807, 2.05) is 20.9 Å². The SMILES string of the molecule is COCCNCCNC(=O)c1c(C)nn(C)c1C.Cl. The molecule has 0 aliphatic carbocycles. The molecule has 6 nitrogen and oxygen atoms in total. The fourth-order valence-electron chi connectivity index (χ4n) is 1.75. The predicted octanol–water partition coefficient (Wildman–Crippen LogP) is 0.425. The van der Waals surface area contributed by atoms with Gasteiger partial charge in [0.25, 0.3) is 5.91 Å². The summed E-state index contributed by atoms with van der Waals surface area (Å²) in [5.41, 5.74) is 2.33. The molecule has 2 N–H and O–H groups in total. The Balaban J connectivity index is 0.00000324. The van der Waals surface area contributed by atoms with Gasteiger partial charge in [-0.1, -0.05) is 0 Å². The summed E-state index contributed by atoms with van der Waals surface area (Å²) in [4.78, 5) is 12.0. The van der Waals surface area contributed by atoms with Crippen LogP contribution in [0.4, 0.5) is 0 Å². The lowest BCUT2D eigenvalue weighted by Gasteiger charge is -2.06. The van der Waals surface area contributed by atoms with E-state index in [-0.39, 0.29) is 18.3 Å². The third-order valence-corrected chi connectivity index (χ3v) is 2.81. The van der Waals surface area contributed by atoms with Gasteiger partial charge in [-0.2, -0.15) is 5.10 Å². The van der Waals surface area contributed by atoms with Crippen LogP contribution in [-0.4, -0.2) is 49.0 Å². The second kappa shape index (κ2) is 8.90. The van der Waals surface area contributed by atoms with Crippen molar-refractivity contribution in [1.82, 2.24) is 20.4 Å². The van der Waals surface area contributed by atoms with Gasteiger partial charge in [0.05, 0.1) is 17.9 Å². The molecule has 0 saturated carbocycles. The predicted molar refractivity (Wildman–Crippen MR) is 77.0 cm³/mol. The van der Waals surface area contributed by atoms with E-state index in [9.17, 15) is 4.79 Å². The molecule has 0 aliphatic rings. The van der Waals surface area contributed by atoms with E-state index in [1.165, 1.54) is 0 Å². The molecule has 0 aliphatic heterocycles. The van der Waals surface area contributed by atoms with E-state index in [1.54, 1.807) is 11.8 Å². The van der Waals surface area contributed by atoms with Crippen molar-refractivity contribution in [2.75, 3.05) is 33.4 Å². The van der Waals surface area contributed by atoms with E-state index in [2.05, 4.69) is 15.7 Å². The first-order valence-electron chi connectivity index (χ1n) is 6.06. The number of amides is 1. The highest BCUT2D eigenvalue weighted by Gasteiger charge is 2.16. The average Bonchev–Trinajstić information content (AvgIpc) is 2.58. The van der Waals surface area contributed by atoms with Gasteiger partial charge in [0, 0.05) is 39.5 Å². The molecule has 1 heterocycles. The Bertz CT molecular complexity index is 407. The molecule has 0 fully saturated rings. The van der Waals surface area contributed by atoms with Crippen LogP contribution in [0.5, 0.6) is 0 Å². The summed E-state index contributed by atoms with van der Waals surface area (Å²) in [6, 6.07) is 0. The van der Waals surface area contributed by atoms with E-state index in [0.29, 0.717) is 18.7 Å². The lowest BCUT2D eigenvalue weighted by Crippen LogP contribution is -2.33. The molecule has 0 aromatic carbocycles. The second-order valence-electron chi connectivity index (χ2n) is 4.17. The number of ether oxygens (including phenoxy) is 1. The molecular formula is C12H23ClN4O2. The molecule has 1 aromatic heterocycles. The largest absolute Gasteiger partial charge is 0.383 e. The summed E-state index contributed by atoms with van der Waals surface area (Å²) in [7, 11) is 3.50. The first-order chi connectivity index (χ1) is 8.57. The minimum atomic E-state index is -0.0633. The summed E-state index contributed by atoms with van der Waals surface area (Å²) < 4.78 is 6.64. The molecular weight excluding hydrogens is 268 g/mol. The molecule has 7 heteroatoms. The first-order valence-corrected chi connectivity index (χ1v) is 6.06. The number of aromatic nitrogens is 2. The van der Waals surface area contributed by atoms with Crippen LogP contribution in [0.2, 0.25) is 0 Å². The number of carbonyl (C=O) groups is 1. The minimum Gasteiger partial charge on any atom is -0.383 e. The topological polar surface area (TPSA) is 68.2 Å². The Morgan fingerprint density at radius 3 is 2.53 bits per heavy atom. The average molecular weight is 291 g/mol. The molecule has 1 amide bonds. The maximum atomic E-state index is 12.0. The van der Waals surface area contributed by atoms with Crippen molar-refractivity contribution >= 4 is 18.3 Å². The van der Waals surface area contributed by atoms with Crippen molar-refractivity contribution in [2.24, 2.45) is 7.05 Å². The summed E-state index contributed by atoms with van der Waals surface area (Å²) in [5.74, 6) is -0.0633. The minimum absolute atomic E-state index is 0. The number of halogens is 1. The van der Waals surface area contributed by atoms with Crippen LogP contribution >= 0.6 is 12.4 Å². The maximum Gasteiger partial charge on any atom is 0.255 e. The normalized spacial score (nSPS) is 10.1. The molecule has 19 heavy (non-hydrogen) atoms. The molecule has 0 atom stereocenters. The molecule has 110 valence electrons. The zero-order valence-electron chi connectivity index (χ0n) is 11.9. The third-order valence-electron chi connectivity index (χ3n) is 2.81. The van der Waals surface area contributed by atoms with Crippen molar-refractivity contribution in [3.8, 4) is 0 Å². The standard InChI is InChI=1S/C12H22N4O2.ClH/c1-9-11(10(2)16(3)15-9)12(17)14-6-5-13-7-8-18-4;/h13H,5-8H2,1-4H3,(H,14,17);1H. The van der Waals surface area contributed by atoms with Crippen molar-refractivity contribution in [1.29, 1.82) is 0 Å². The molecule has 1 rings (SSSR count). The van der Waals surface area contributed by atoms with E-state index in [4.69, 9.17) is 4.74 Å². The van der Waals surface area contributed by atoms with E-state index in [0.717, 1.165) is 24.5 Å². The number of nitrogens with one attached hydrogen (secondary N) is 2. The smallest absolute Gasteiger partial charge is 0.255 e. The Hall–Kier alpha value is -1.11. The maximum absolute atomic E-state index is 12.0. The van der Waals surface area contributed by atoms with E-state index >= 15 is 0 Å². The Morgan fingerprint density at radius 1 is 1.32 bits per heavy atom.